The molecular weight excluding hydrogens is 334 g/mol. The Labute approximate surface area is 156 Å². The fourth-order valence-corrected chi connectivity index (χ4v) is 2.98. The summed E-state index contributed by atoms with van der Waals surface area (Å²) in [4.78, 5) is 4.69. The molecule has 1 aromatic rings. The van der Waals surface area contributed by atoms with Crippen LogP contribution in [0, 0.1) is 0 Å². The van der Waals surface area contributed by atoms with Crippen molar-refractivity contribution in [3.8, 4) is 17.2 Å². The summed E-state index contributed by atoms with van der Waals surface area (Å²) >= 11 is 0. The van der Waals surface area contributed by atoms with Crippen LogP contribution in [-0.2, 0) is 11.3 Å². The minimum absolute atomic E-state index is 0.133. The second-order valence-corrected chi connectivity index (χ2v) is 6.46. The maximum absolute atomic E-state index is 5.83. The van der Waals surface area contributed by atoms with E-state index in [9.17, 15) is 0 Å². The number of methoxy groups -OCH3 is 3. The quantitative estimate of drug-likeness (QED) is 0.544. The summed E-state index contributed by atoms with van der Waals surface area (Å²) in [7, 11) is 4.87. The minimum Gasteiger partial charge on any atom is -0.496 e. The molecule has 1 aromatic carbocycles. The molecule has 2 N–H and O–H groups in total. The molecule has 0 amide bonds. The third kappa shape index (κ3) is 5.17. The largest absolute Gasteiger partial charge is 0.496 e. The van der Waals surface area contributed by atoms with Gasteiger partial charge in [-0.3, -0.25) is 0 Å². The van der Waals surface area contributed by atoms with Crippen LogP contribution in [-0.4, -0.2) is 52.6 Å². The van der Waals surface area contributed by atoms with Gasteiger partial charge in [-0.25, -0.2) is 4.99 Å². The number of hydrogen-bond acceptors (Lipinski definition) is 5. The molecular formula is C19H31N3O4. The number of guanidine groups is 1. The summed E-state index contributed by atoms with van der Waals surface area (Å²) in [6.45, 7) is 6.91. The maximum Gasteiger partial charge on any atom is 0.191 e. The lowest BCUT2D eigenvalue weighted by molar-refractivity contribution is 0.0243. The van der Waals surface area contributed by atoms with Gasteiger partial charge < -0.3 is 29.6 Å². The van der Waals surface area contributed by atoms with E-state index in [0.29, 0.717) is 23.8 Å². The molecule has 7 heteroatoms. The highest BCUT2D eigenvalue weighted by atomic mass is 16.5. The van der Waals surface area contributed by atoms with Gasteiger partial charge in [0.25, 0.3) is 0 Å². The predicted octanol–water partition coefficient (Wildman–Crippen LogP) is 2.34. The summed E-state index contributed by atoms with van der Waals surface area (Å²) in [5, 5.41) is 6.65. The van der Waals surface area contributed by atoms with Crippen LogP contribution in [0.25, 0.3) is 0 Å². The standard InChI is InChI=1S/C19H31N3O4/c1-6-20-18(22-13-19(2)8-7-9-26-19)21-12-15-16(24-4)10-14(23-3)11-17(15)25-5/h10-11H,6-9,12-13H2,1-5H3,(H2,20,21,22). The first kappa shape index (κ1) is 20.2. The molecule has 0 saturated carbocycles. The average Bonchev–Trinajstić information content (AvgIpc) is 3.10. The number of nitrogens with one attached hydrogen (secondary N) is 2. The molecule has 0 bridgehead atoms. The molecule has 26 heavy (non-hydrogen) atoms. The molecule has 1 unspecified atom stereocenters. The fourth-order valence-electron chi connectivity index (χ4n) is 2.98. The van der Waals surface area contributed by atoms with E-state index in [1.54, 1.807) is 21.3 Å². The SMILES string of the molecule is CCNC(=NCc1c(OC)cc(OC)cc1OC)NCC1(C)CCCO1. The van der Waals surface area contributed by atoms with Gasteiger partial charge in [-0.1, -0.05) is 0 Å². The molecule has 2 rings (SSSR count). The minimum atomic E-state index is -0.133. The first-order valence-corrected chi connectivity index (χ1v) is 9.00. The normalized spacial score (nSPS) is 20.0. The highest BCUT2D eigenvalue weighted by Gasteiger charge is 2.29. The Morgan fingerprint density at radius 2 is 1.85 bits per heavy atom. The molecule has 1 fully saturated rings. The summed E-state index contributed by atoms with van der Waals surface area (Å²) in [6, 6.07) is 3.67. The van der Waals surface area contributed by atoms with Crippen LogP contribution in [0.5, 0.6) is 17.2 Å². The number of aliphatic imine (C=N–C) groups is 1. The van der Waals surface area contributed by atoms with Gasteiger partial charge in [-0.2, -0.15) is 0 Å². The third-order valence-corrected chi connectivity index (χ3v) is 4.49. The molecule has 0 spiro atoms. The zero-order chi connectivity index (χ0) is 19.0. The van der Waals surface area contributed by atoms with Gasteiger partial charge in [-0.15, -0.1) is 0 Å². The number of hydrogen-bond donors (Lipinski definition) is 2. The van der Waals surface area contributed by atoms with Gasteiger partial charge in [0.05, 0.1) is 39.0 Å². The van der Waals surface area contributed by atoms with E-state index in [0.717, 1.165) is 44.1 Å². The Morgan fingerprint density at radius 1 is 1.15 bits per heavy atom. The van der Waals surface area contributed by atoms with Crippen molar-refractivity contribution in [3.05, 3.63) is 17.7 Å². The monoisotopic (exact) mass is 365 g/mol. The lowest BCUT2D eigenvalue weighted by Crippen LogP contribution is -2.45. The average molecular weight is 365 g/mol. The lowest BCUT2D eigenvalue weighted by Gasteiger charge is -2.24. The Kier molecular flexibility index (Phi) is 7.38. The summed E-state index contributed by atoms with van der Waals surface area (Å²) in [5.74, 6) is 2.80. The topological polar surface area (TPSA) is 73.3 Å². The van der Waals surface area contributed by atoms with Crippen LogP contribution in [0.2, 0.25) is 0 Å². The summed E-state index contributed by atoms with van der Waals surface area (Å²) < 4.78 is 22.1. The van der Waals surface area contributed by atoms with E-state index in [1.807, 2.05) is 19.1 Å². The van der Waals surface area contributed by atoms with Crippen molar-refractivity contribution in [2.24, 2.45) is 4.99 Å². The number of rotatable bonds is 8. The van der Waals surface area contributed by atoms with Crippen molar-refractivity contribution >= 4 is 5.96 Å². The van der Waals surface area contributed by atoms with E-state index in [4.69, 9.17) is 18.9 Å². The molecule has 1 atom stereocenters. The lowest BCUT2D eigenvalue weighted by atomic mass is 10.0. The highest BCUT2D eigenvalue weighted by Crippen LogP contribution is 2.34. The van der Waals surface area contributed by atoms with Gasteiger partial charge in [0.1, 0.15) is 17.2 Å². The summed E-state index contributed by atoms with van der Waals surface area (Å²) in [5.41, 5.74) is 0.738. The molecule has 1 aliphatic rings. The van der Waals surface area contributed by atoms with Gasteiger partial charge >= 0.3 is 0 Å². The molecule has 0 aliphatic carbocycles. The van der Waals surface area contributed by atoms with E-state index in [1.165, 1.54) is 0 Å². The molecule has 1 heterocycles. The molecule has 7 nitrogen and oxygen atoms in total. The van der Waals surface area contributed by atoms with Gasteiger partial charge in [-0.05, 0) is 26.7 Å². The van der Waals surface area contributed by atoms with Gasteiger partial charge in [0.2, 0.25) is 0 Å². The number of nitrogens with zero attached hydrogens (tertiary/aromatic N) is 1. The molecule has 0 aromatic heterocycles. The number of benzene rings is 1. The van der Waals surface area contributed by atoms with Crippen molar-refractivity contribution in [1.82, 2.24) is 10.6 Å². The van der Waals surface area contributed by atoms with Crippen molar-refractivity contribution in [2.45, 2.75) is 38.8 Å². The van der Waals surface area contributed by atoms with Crippen molar-refractivity contribution in [1.29, 1.82) is 0 Å². The van der Waals surface area contributed by atoms with E-state index in [-0.39, 0.29) is 5.60 Å². The first-order valence-electron chi connectivity index (χ1n) is 9.00. The Hall–Kier alpha value is -2.15. The zero-order valence-electron chi connectivity index (χ0n) is 16.5. The van der Waals surface area contributed by atoms with E-state index >= 15 is 0 Å². The van der Waals surface area contributed by atoms with E-state index < -0.39 is 0 Å². The van der Waals surface area contributed by atoms with E-state index in [2.05, 4.69) is 22.5 Å². The second-order valence-electron chi connectivity index (χ2n) is 6.46. The molecule has 0 radical (unpaired) electrons. The zero-order valence-corrected chi connectivity index (χ0v) is 16.5. The van der Waals surface area contributed by atoms with Crippen LogP contribution in [0.15, 0.2) is 17.1 Å². The number of ether oxygens (including phenoxy) is 4. The van der Waals surface area contributed by atoms with Crippen LogP contribution >= 0.6 is 0 Å². The Bertz CT molecular complexity index is 588. The van der Waals surface area contributed by atoms with Crippen LogP contribution in [0.1, 0.15) is 32.3 Å². The maximum atomic E-state index is 5.83. The van der Waals surface area contributed by atoms with Crippen LogP contribution < -0.4 is 24.8 Å². The van der Waals surface area contributed by atoms with Crippen molar-refractivity contribution in [2.75, 3.05) is 41.0 Å². The Morgan fingerprint density at radius 3 is 2.35 bits per heavy atom. The second kappa shape index (κ2) is 9.52. The van der Waals surface area contributed by atoms with Crippen LogP contribution in [0.4, 0.5) is 0 Å². The smallest absolute Gasteiger partial charge is 0.191 e. The van der Waals surface area contributed by atoms with Gasteiger partial charge in [0.15, 0.2) is 5.96 Å². The highest BCUT2D eigenvalue weighted by molar-refractivity contribution is 5.80. The van der Waals surface area contributed by atoms with Crippen LogP contribution in [0.3, 0.4) is 0 Å². The van der Waals surface area contributed by atoms with Gasteiger partial charge in [0, 0.05) is 31.8 Å². The Balaban J connectivity index is 2.15. The first-order chi connectivity index (χ1) is 12.5. The van der Waals surface area contributed by atoms with Crippen molar-refractivity contribution in [3.63, 3.8) is 0 Å². The fraction of sp³-hybridized carbons (Fsp3) is 0.632. The summed E-state index contributed by atoms with van der Waals surface area (Å²) in [6.07, 6.45) is 2.16. The molecule has 1 saturated heterocycles. The molecule has 146 valence electrons. The third-order valence-electron chi connectivity index (χ3n) is 4.49. The predicted molar refractivity (Wildman–Crippen MR) is 103 cm³/mol. The van der Waals surface area contributed by atoms with Crippen molar-refractivity contribution < 1.29 is 18.9 Å². The molecule has 1 aliphatic heterocycles.